The number of anilines is 1. The molecule has 0 radical (unpaired) electrons. The molecule has 2 rings (SSSR count). The molecule has 2 aromatic rings. The first-order chi connectivity index (χ1) is 7.36. The molecule has 0 bridgehead atoms. The number of hydrogen-bond donors (Lipinski definition) is 1. The van der Waals surface area contributed by atoms with Crippen molar-refractivity contribution in [3.63, 3.8) is 0 Å². The van der Waals surface area contributed by atoms with Crippen molar-refractivity contribution < 1.29 is 4.42 Å². The summed E-state index contributed by atoms with van der Waals surface area (Å²) in [6, 6.07) is 11.7. The molecule has 15 heavy (non-hydrogen) atoms. The summed E-state index contributed by atoms with van der Waals surface area (Å²) in [4.78, 5) is 0. The lowest BCUT2D eigenvalue weighted by Crippen LogP contribution is -1.97. The van der Waals surface area contributed by atoms with Gasteiger partial charge in [0.25, 0.3) is 0 Å². The minimum absolute atomic E-state index is 0.896. The monoisotopic (exact) mass is 200 g/mol. The third-order valence-electron chi connectivity index (χ3n) is 2.07. The molecule has 1 heterocycles. The Morgan fingerprint density at radius 2 is 2.00 bits per heavy atom. The van der Waals surface area contributed by atoms with Crippen molar-refractivity contribution in [1.29, 1.82) is 0 Å². The zero-order valence-corrected chi connectivity index (χ0v) is 8.47. The molecule has 0 unspecified atom stereocenters. The van der Waals surface area contributed by atoms with Crippen molar-refractivity contribution in [2.24, 2.45) is 5.10 Å². The van der Waals surface area contributed by atoms with Crippen molar-refractivity contribution in [1.82, 2.24) is 0 Å². The minimum atomic E-state index is 0.896. The molecule has 0 saturated carbocycles. The Hall–Kier alpha value is -2.03. The van der Waals surface area contributed by atoms with Gasteiger partial charge in [-0.3, -0.25) is 5.43 Å². The van der Waals surface area contributed by atoms with E-state index in [1.165, 1.54) is 0 Å². The van der Waals surface area contributed by atoms with E-state index in [-0.39, 0.29) is 0 Å². The second kappa shape index (κ2) is 4.46. The summed E-state index contributed by atoms with van der Waals surface area (Å²) >= 11 is 0. The molecule has 0 aliphatic rings. The largest absolute Gasteiger partial charge is 0.472 e. The lowest BCUT2D eigenvalue weighted by atomic mass is 10.2. The number of furan rings is 1. The van der Waals surface area contributed by atoms with E-state index in [2.05, 4.69) is 10.5 Å². The number of nitrogens with zero attached hydrogens (tertiary/aromatic N) is 1. The van der Waals surface area contributed by atoms with Crippen LogP contribution in [0, 0.1) is 0 Å². The van der Waals surface area contributed by atoms with Gasteiger partial charge in [0, 0.05) is 5.56 Å². The topological polar surface area (TPSA) is 37.5 Å². The molecule has 0 saturated heterocycles. The SMILES string of the molecule is CC(=NNc1ccccc1)c1ccoc1. The first-order valence-corrected chi connectivity index (χ1v) is 4.74. The number of hydrogen-bond acceptors (Lipinski definition) is 3. The zero-order chi connectivity index (χ0) is 10.5. The van der Waals surface area contributed by atoms with Crippen molar-refractivity contribution >= 4 is 11.4 Å². The van der Waals surface area contributed by atoms with Crippen molar-refractivity contribution in [3.05, 3.63) is 54.5 Å². The molecule has 0 spiro atoms. The standard InChI is InChI=1S/C12H12N2O/c1-10(11-7-8-15-9-11)13-14-12-5-3-2-4-6-12/h2-9,14H,1H3. The summed E-state index contributed by atoms with van der Waals surface area (Å²) in [5.74, 6) is 0. The Labute approximate surface area is 88.4 Å². The average molecular weight is 200 g/mol. The van der Waals surface area contributed by atoms with E-state index in [1.807, 2.05) is 43.3 Å². The Balaban J connectivity index is 2.06. The summed E-state index contributed by atoms with van der Waals surface area (Å²) in [5, 5.41) is 4.24. The van der Waals surface area contributed by atoms with Crippen molar-refractivity contribution in [2.45, 2.75) is 6.92 Å². The van der Waals surface area contributed by atoms with Crippen LogP contribution in [-0.4, -0.2) is 5.71 Å². The maximum Gasteiger partial charge on any atom is 0.0993 e. The Morgan fingerprint density at radius 3 is 2.67 bits per heavy atom. The van der Waals surface area contributed by atoms with Crippen LogP contribution in [0.4, 0.5) is 5.69 Å². The summed E-state index contributed by atoms with van der Waals surface area (Å²) < 4.78 is 4.98. The average Bonchev–Trinajstić information content (AvgIpc) is 2.81. The molecule has 76 valence electrons. The van der Waals surface area contributed by atoms with E-state index in [0.717, 1.165) is 17.0 Å². The normalized spacial score (nSPS) is 11.4. The Kier molecular flexibility index (Phi) is 2.83. The summed E-state index contributed by atoms with van der Waals surface area (Å²) in [6.07, 6.45) is 3.31. The number of rotatable bonds is 3. The van der Waals surface area contributed by atoms with Gasteiger partial charge in [0.15, 0.2) is 0 Å². The molecule has 0 amide bonds. The number of hydrazone groups is 1. The van der Waals surface area contributed by atoms with Gasteiger partial charge in [0.1, 0.15) is 0 Å². The third-order valence-corrected chi connectivity index (χ3v) is 2.07. The first kappa shape index (κ1) is 9.52. The highest BCUT2D eigenvalue weighted by molar-refractivity contribution is 5.98. The number of para-hydroxylation sites is 1. The van der Waals surface area contributed by atoms with Gasteiger partial charge in [-0.25, -0.2) is 0 Å². The van der Waals surface area contributed by atoms with E-state index in [0.29, 0.717) is 0 Å². The predicted octanol–water partition coefficient (Wildman–Crippen LogP) is 3.12. The maximum atomic E-state index is 4.98. The molecule has 3 nitrogen and oxygen atoms in total. The summed E-state index contributed by atoms with van der Waals surface area (Å²) in [5.41, 5.74) is 5.83. The van der Waals surface area contributed by atoms with Gasteiger partial charge in [-0.15, -0.1) is 0 Å². The van der Waals surface area contributed by atoms with Gasteiger partial charge >= 0.3 is 0 Å². The van der Waals surface area contributed by atoms with Crippen LogP contribution in [0.2, 0.25) is 0 Å². The molecule has 1 N–H and O–H groups in total. The molecule has 0 fully saturated rings. The van der Waals surface area contributed by atoms with Crippen molar-refractivity contribution in [3.8, 4) is 0 Å². The first-order valence-electron chi connectivity index (χ1n) is 4.74. The van der Waals surface area contributed by atoms with E-state index >= 15 is 0 Å². The Bertz CT molecular complexity index is 432. The van der Waals surface area contributed by atoms with Gasteiger partial charge in [-0.1, -0.05) is 18.2 Å². The molecule has 3 heteroatoms. The van der Waals surface area contributed by atoms with Crippen LogP contribution >= 0.6 is 0 Å². The van der Waals surface area contributed by atoms with Gasteiger partial charge < -0.3 is 4.42 Å². The van der Waals surface area contributed by atoms with E-state index < -0.39 is 0 Å². The molecule has 1 aromatic carbocycles. The smallest absolute Gasteiger partial charge is 0.0993 e. The van der Waals surface area contributed by atoms with E-state index in [4.69, 9.17) is 4.42 Å². The molecular formula is C12H12N2O. The fraction of sp³-hybridized carbons (Fsp3) is 0.0833. The molecular weight excluding hydrogens is 188 g/mol. The highest BCUT2D eigenvalue weighted by atomic mass is 16.3. The Morgan fingerprint density at radius 1 is 1.20 bits per heavy atom. The second-order valence-corrected chi connectivity index (χ2v) is 3.19. The van der Waals surface area contributed by atoms with Crippen LogP contribution in [0.5, 0.6) is 0 Å². The second-order valence-electron chi connectivity index (χ2n) is 3.19. The summed E-state index contributed by atoms with van der Waals surface area (Å²) in [6.45, 7) is 1.93. The van der Waals surface area contributed by atoms with Gasteiger partial charge in [-0.2, -0.15) is 5.10 Å². The summed E-state index contributed by atoms with van der Waals surface area (Å²) in [7, 11) is 0. The quantitative estimate of drug-likeness (QED) is 0.610. The third kappa shape index (κ3) is 2.47. The highest BCUT2D eigenvalue weighted by Crippen LogP contribution is 2.06. The zero-order valence-electron chi connectivity index (χ0n) is 8.47. The molecule has 0 atom stereocenters. The van der Waals surface area contributed by atoms with Crippen LogP contribution in [-0.2, 0) is 0 Å². The van der Waals surface area contributed by atoms with E-state index in [1.54, 1.807) is 12.5 Å². The van der Waals surface area contributed by atoms with E-state index in [9.17, 15) is 0 Å². The minimum Gasteiger partial charge on any atom is -0.472 e. The molecule has 1 aromatic heterocycles. The fourth-order valence-corrected chi connectivity index (χ4v) is 1.20. The van der Waals surface area contributed by atoms with Gasteiger partial charge in [0.05, 0.1) is 23.9 Å². The number of nitrogens with one attached hydrogen (secondary N) is 1. The van der Waals surface area contributed by atoms with Crippen LogP contribution in [0.3, 0.4) is 0 Å². The predicted molar refractivity (Wildman–Crippen MR) is 61.0 cm³/mol. The van der Waals surface area contributed by atoms with Gasteiger partial charge in [0.2, 0.25) is 0 Å². The lowest BCUT2D eigenvalue weighted by molar-refractivity contribution is 0.567. The molecule has 0 aliphatic heterocycles. The lowest BCUT2D eigenvalue weighted by Gasteiger charge is -2.00. The van der Waals surface area contributed by atoms with Gasteiger partial charge in [-0.05, 0) is 25.1 Å². The van der Waals surface area contributed by atoms with Crippen LogP contribution in [0.25, 0.3) is 0 Å². The maximum absolute atomic E-state index is 4.98. The highest BCUT2D eigenvalue weighted by Gasteiger charge is 1.97. The van der Waals surface area contributed by atoms with Crippen LogP contribution in [0.15, 0.2) is 58.4 Å². The molecule has 0 aliphatic carbocycles. The fourth-order valence-electron chi connectivity index (χ4n) is 1.20. The van der Waals surface area contributed by atoms with Crippen LogP contribution < -0.4 is 5.43 Å². The van der Waals surface area contributed by atoms with Crippen molar-refractivity contribution in [2.75, 3.05) is 5.43 Å². The number of benzene rings is 1. The van der Waals surface area contributed by atoms with Crippen LogP contribution in [0.1, 0.15) is 12.5 Å².